The van der Waals surface area contributed by atoms with E-state index in [-0.39, 0.29) is 23.2 Å². The van der Waals surface area contributed by atoms with Gasteiger partial charge in [-0.25, -0.2) is 18.2 Å². The van der Waals surface area contributed by atoms with Crippen LogP contribution < -0.4 is 4.72 Å². The smallest absolute Gasteiger partial charge is 0.354 e. The van der Waals surface area contributed by atoms with Crippen LogP contribution in [0.1, 0.15) is 42.6 Å². The first-order valence-electron chi connectivity index (χ1n) is 6.67. The molecule has 7 heteroatoms. The topological polar surface area (TPSA) is 96.4 Å². The molecule has 1 aromatic heterocycles. The van der Waals surface area contributed by atoms with Gasteiger partial charge in [0.25, 0.3) is 0 Å². The molecule has 6 nitrogen and oxygen atoms in total. The van der Waals surface area contributed by atoms with Crippen LogP contribution in [0.2, 0.25) is 0 Å². The van der Waals surface area contributed by atoms with Crippen molar-refractivity contribution in [3.05, 3.63) is 23.9 Å². The first kappa shape index (κ1) is 14.8. The Hall–Kier alpha value is -1.63. The van der Waals surface area contributed by atoms with Gasteiger partial charge in [-0.05, 0) is 30.9 Å². The van der Waals surface area contributed by atoms with E-state index in [1.165, 1.54) is 24.6 Å². The monoisotopic (exact) mass is 298 g/mol. The summed E-state index contributed by atoms with van der Waals surface area (Å²) in [5, 5.41) is 8.83. The molecule has 110 valence electrons. The van der Waals surface area contributed by atoms with Crippen LogP contribution >= 0.6 is 0 Å². The highest BCUT2D eigenvalue weighted by molar-refractivity contribution is 7.92. The highest BCUT2D eigenvalue weighted by Crippen LogP contribution is 2.25. The number of aromatic nitrogens is 1. The highest BCUT2D eigenvalue weighted by atomic mass is 32.2. The summed E-state index contributed by atoms with van der Waals surface area (Å²) in [7, 11) is -3.48. The van der Waals surface area contributed by atoms with Crippen molar-refractivity contribution in [2.45, 2.75) is 32.1 Å². The molecule has 1 aromatic rings. The minimum Gasteiger partial charge on any atom is -0.477 e. The normalized spacial score (nSPS) is 16.8. The van der Waals surface area contributed by atoms with E-state index in [9.17, 15) is 13.2 Å². The predicted molar refractivity (Wildman–Crippen MR) is 75.2 cm³/mol. The fourth-order valence-corrected chi connectivity index (χ4v) is 3.95. The molecule has 1 heterocycles. The number of carboxylic acids is 1. The third-order valence-corrected chi connectivity index (χ3v) is 4.84. The lowest BCUT2D eigenvalue weighted by Crippen LogP contribution is -2.24. The Morgan fingerprint density at radius 2 is 2.00 bits per heavy atom. The lowest BCUT2D eigenvalue weighted by Gasteiger charge is -2.21. The molecule has 2 rings (SSSR count). The number of sulfonamides is 1. The van der Waals surface area contributed by atoms with Crippen molar-refractivity contribution in [2.75, 3.05) is 10.5 Å². The fraction of sp³-hybridized carbons (Fsp3) is 0.538. The number of carbonyl (C=O) groups is 1. The number of hydrogen-bond acceptors (Lipinski definition) is 4. The van der Waals surface area contributed by atoms with Gasteiger partial charge in [0.15, 0.2) is 5.69 Å². The van der Waals surface area contributed by atoms with Gasteiger partial charge >= 0.3 is 5.97 Å². The van der Waals surface area contributed by atoms with Crippen LogP contribution in [-0.4, -0.2) is 30.2 Å². The zero-order valence-corrected chi connectivity index (χ0v) is 11.9. The van der Waals surface area contributed by atoms with Gasteiger partial charge in [-0.15, -0.1) is 0 Å². The lowest BCUT2D eigenvalue weighted by molar-refractivity contribution is 0.0690. The van der Waals surface area contributed by atoms with Crippen LogP contribution in [0.15, 0.2) is 18.2 Å². The standard InChI is InChI=1S/C13H18N2O4S/c16-13(17)11-7-4-8-12(14-11)15-20(18,19)9-10-5-2-1-3-6-10/h4,7-8,10H,1-3,5-6,9H2,(H,14,15)(H,16,17). The van der Waals surface area contributed by atoms with Gasteiger partial charge in [-0.3, -0.25) is 4.72 Å². The van der Waals surface area contributed by atoms with Crippen molar-refractivity contribution in [3.63, 3.8) is 0 Å². The molecule has 1 saturated carbocycles. The molecule has 0 saturated heterocycles. The molecule has 0 unspecified atom stereocenters. The van der Waals surface area contributed by atoms with Crippen LogP contribution in [-0.2, 0) is 10.0 Å². The van der Waals surface area contributed by atoms with E-state index < -0.39 is 16.0 Å². The Labute approximate surface area is 118 Å². The SMILES string of the molecule is O=C(O)c1cccc(NS(=O)(=O)CC2CCCCC2)n1. The van der Waals surface area contributed by atoms with Crippen LogP contribution in [0.5, 0.6) is 0 Å². The Balaban J connectivity index is 2.03. The van der Waals surface area contributed by atoms with Crippen molar-refractivity contribution < 1.29 is 18.3 Å². The van der Waals surface area contributed by atoms with Crippen molar-refractivity contribution >= 4 is 21.8 Å². The maximum atomic E-state index is 12.1. The molecule has 20 heavy (non-hydrogen) atoms. The van der Waals surface area contributed by atoms with Crippen LogP contribution in [0, 0.1) is 5.92 Å². The molecule has 0 aromatic carbocycles. The van der Waals surface area contributed by atoms with Gasteiger partial charge in [-0.1, -0.05) is 25.3 Å². The number of carboxylic acid groups (broad SMARTS) is 1. The second-order valence-corrected chi connectivity index (χ2v) is 6.87. The number of nitrogens with one attached hydrogen (secondary N) is 1. The fourth-order valence-electron chi connectivity index (χ4n) is 2.48. The summed E-state index contributed by atoms with van der Waals surface area (Å²) in [6.07, 6.45) is 5.19. The van der Waals surface area contributed by atoms with Gasteiger partial charge in [0.1, 0.15) is 5.82 Å². The Morgan fingerprint density at radius 3 is 2.65 bits per heavy atom. The number of hydrogen-bond donors (Lipinski definition) is 2. The largest absolute Gasteiger partial charge is 0.477 e. The van der Waals surface area contributed by atoms with Gasteiger partial charge in [-0.2, -0.15) is 0 Å². The molecule has 0 radical (unpaired) electrons. The number of pyridine rings is 1. The lowest BCUT2D eigenvalue weighted by atomic mass is 9.91. The minimum absolute atomic E-state index is 0.0562. The average Bonchev–Trinajstić information content (AvgIpc) is 2.39. The van der Waals surface area contributed by atoms with E-state index in [0.29, 0.717) is 0 Å². The minimum atomic E-state index is -3.48. The van der Waals surface area contributed by atoms with Gasteiger partial charge in [0, 0.05) is 0 Å². The van der Waals surface area contributed by atoms with E-state index >= 15 is 0 Å². The maximum Gasteiger partial charge on any atom is 0.354 e. The van der Waals surface area contributed by atoms with E-state index in [2.05, 4.69) is 9.71 Å². The molecule has 1 fully saturated rings. The van der Waals surface area contributed by atoms with E-state index in [4.69, 9.17) is 5.11 Å². The van der Waals surface area contributed by atoms with Crippen LogP contribution in [0.3, 0.4) is 0 Å². The van der Waals surface area contributed by atoms with Crippen LogP contribution in [0.25, 0.3) is 0 Å². The predicted octanol–water partition coefficient (Wildman–Crippen LogP) is 2.10. The summed E-state index contributed by atoms with van der Waals surface area (Å²) in [4.78, 5) is 14.6. The summed E-state index contributed by atoms with van der Waals surface area (Å²) < 4.78 is 26.5. The molecular formula is C13H18N2O4S. The average molecular weight is 298 g/mol. The van der Waals surface area contributed by atoms with E-state index in [1.807, 2.05) is 0 Å². The van der Waals surface area contributed by atoms with Crippen molar-refractivity contribution in [2.24, 2.45) is 5.92 Å². The molecule has 1 aliphatic carbocycles. The van der Waals surface area contributed by atoms with Gasteiger partial charge in [0.05, 0.1) is 5.75 Å². The second-order valence-electron chi connectivity index (χ2n) is 5.10. The van der Waals surface area contributed by atoms with Gasteiger partial charge < -0.3 is 5.11 Å². The molecule has 1 aliphatic rings. The zero-order valence-electron chi connectivity index (χ0n) is 11.1. The molecule has 2 N–H and O–H groups in total. The zero-order chi connectivity index (χ0) is 14.6. The van der Waals surface area contributed by atoms with Crippen LogP contribution in [0.4, 0.5) is 5.82 Å². The number of rotatable bonds is 5. The molecule has 0 aliphatic heterocycles. The summed E-state index contributed by atoms with van der Waals surface area (Å²) in [6.45, 7) is 0. The molecule has 0 amide bonds. The number of nitrogens with zero attached hydrogens (tertiary/aromatic N) is 1. The summed E-state index contributed by atoms with van der Waals surface area (Å²) in [6, 6.07) is 4.24. The summed E-state index contributed by atoms with van der Waals surface area (Å²) in [5.74, 6) is -0.866. The molecule has 0 spiro atoms. The molecular weight excluding hydrogens is 280 g/mol. The second kappa shape index (κ2) is 6.21. The number of aromatic carboxylic acids is 1. The van der Waals surface area contributed by atoms with Crippen molar-refractivity contribution in [3.8, 4) is 0 Å². The first-order chi connectivity index (χ1) is 9.46. The van der Waals surface area contributed by atoms with E-state index in [0.717, 1.165) is 25.7 Å². The molecule has 0 atom stereocenters. The first-order valence-corrected chi connectivity index (χ1v) is 8.32. The number of anilines is 1. The van der Waals surface area contributed by atoms with E-state index in [1.54, 1.807) is 0 Å². The Kier molecular flexibility index (Phi) is 4.59. The van der Waals surface area contributed by atoms with Crippen molar-refractivity contribution in [1.82, 2.24) is 4.98 Å². The highest BCUT2D eigenvalue weighted by Gasteiger charge is 2.21. The van der Waals surface area contributed by atoms with Gasteiger partial charge in [0.2, 0.25) is 10.0 Å². The Morgan fingerprint density at radius 1 is 1.30 bits per heavy atom. The molecule has 0 bridgehead atoms. The Bertz CT molecular complexity index is 580. The third kappa shape index (κ3) is 4.19. The quantitative estimate of drug-likeness (QED) is 0.867. The van der Waals surface area contributed by atoms with Crippen molar-refractivity contribution in [1.29, 1.82) is 0 Å². The maximum absolute atomic E-state index is 12.1. The summed E-state index contributed by atoms with van der Waals surface area (Å²) in [5.41, 5.74) is -0.178. The summed E-state index contributed by atoms with van der Waals surface area (Å²) >= 11 is 0. The third-order valence-electron chi connectivity index (χ3n) is 3.41.